The average Bonchev–Trinajstić information content (AvgIpc) is 2.25. The number of hydrogen-bond donors (Lipinski definition) is 2. The highest BCUT2D eigenvalue weighted by molar-refractivity contribution is 5.88. The van der Waals surface area contributed by atoms with Crippen LogP contribution in [0.15, 0.2) is 35.9 Å². The Morgan fingerprint density at radius 3 is 2.50 bits per heavy atom. The Kier molecular flexibility index (Phi) is 4.36. The van der Waals surface area contributed by atoms with E-state index in [4.69, 9.17) is 0 Å². The average molecular weight is 258 g/mol. The Hall–Kier alpha value is -1.98. The summed E-state index contributed by atoms with van der Waals surface area (Å²) in [5.41, 5.74) is 4.88. The van der Waals surface area contributed by atoms with Crippen molar-refractivity contribution in [1.82, 2.24) is 5.43 Å². The van der Waals surface area contributed by atoms with Crippen molar-refractivity contribution in [1.29, 1.82) is 0 Å². The number of hydrogen-bond acceptors (Lipinski definition) is 2. The number of allylic oxidation sites excluding steroid dienone is 1. The Labute approximate surface area is 103 Å². The van der Waals surface area contributed by atoms with Crippen LogP contribution >= 0.6 is 0 Å². The third kappa shape index (κ3) is 4.48. The van der Waals surface area contributed by atoms with Gasteiger partial charge in [0.1, 0.15) is 0 Å². The molecule has 0 spiro atoms. The number of anilines is 1. The standard InChI is InChI=1S/C12H13F3N2O/c1-8(2)6-11(18)17-16-10-5-3-4-9(7-10)12(13,14)15/h3-7,16H,1-2H3,(H,17,18). The van der Waals surface area contributed by atoms with Crippen LogP contribution in [0.4, 0.5) is 18.9 Å². The molecule has 1 amide bonds. The fraction of sp³-hybridized carbons (Fsp3) is 0.250. The minimum Gasteiger partial charge on any atom is -0.298 e. The van der Waals surface area contributed by atoms with Crippen molar-refractivity contribution in [2.45, 2.75) is 20.0 Å². The van der Waals surface area contributed by atoms with E-state index < -0.39 is 17.6 Å². The number of nitrogens with one attached hydrogen (secondary N) is 2. The lowest BCUT2D eigenvalue weighted by Crippen LogP contribution is -2.27. The lowest BCUT2D eigenvalue weighted by atomic mass is 10.2. The molecule has 1 aromatic rings. The number of amides is 1. The van der Waals surface area contributed by atoms with Crippen LogP contribution in [-0.4, -0.2) is 5.91 Å². The third-order valence-corrected chi connectivity index (χ3v) is 1.94. The molecule has 0 saturated heterocycles. The Morgan fingerprint density at radius 2 is 1.94 bits per heavy atom. The number of alkyl halides is 3. The van der Waals surface area contributed by atoms with Crippen molar-refractivity contribution in [3.8, 4) is 0 Å². The maximum atomic E-state index is 12.4. The van der Waals surface area contributed by atoms with E-state index in [9.17, 15) is 18.0 Å². The van der Waals surface area contributed by atoms with Gasteiger partial charge in [0.2, 0.25) is 0 Å². The molecule has 0 fully saturated rings. The first-order valence-electron chi connectivity index (χ1n) is 5.17. The molecule has 0 radical (unpaired) electrons. The van der Waals surface area contributed by atoms with E-state index in [2.05, 4.69) is 10.9 Å². The molecular formula is C12H13F3N2O. The maximum Gasteiger partial charge on any atom is 0.416 e. The first-order valence-corrected chi connectivity index (χ1v) is 5.17. The fourth-order valence-corrected chi connectivity index (χ4v) is 1.21. The summed E-state index contributed by atoms with van der Waals surface area (Å²) >= 11 is 0. The first-order chi connectivity index (χ1) is 8.29. The van der Waals surface area contributed by atoms with E-state index in [-0.39, 0.29) is 5.69 Å². The van der Waals surface area contributed by atoms with E-state index >= 15 is 0 Å². The predicted molar refractivity (Wildman–Crippen MR) is 62.6 cm³/mol. The van der Waals surface area contributed by atoms with Gasteiger partial charge in [-0.1, -0.05) is 11.6 Å². The van der Waals surface area contributed by atoms with Gasteiger partial charge < -0.3 is 0 Å². The lowest BCUT2D eigenvalue weighted by molar-refractivity contribution is -0.137. The van der Waals surface area contributed by atoms with Gasteiger partial charge in [-0.05, 0) is 32.0 Å². The largest absolute Gasteiger partial charge is 0.416 e. The van der Waals surface area contributed by atoms with E-state index in [1.807, 2.05) is 0 Å². The molecule has 0 heterocycles. The molecule has 0 unspecified atom stereocenters. The van der Waals surface area contributed by atoms with Gasteiger partial charge in [0.15, 0.2) is 0 Å². The van der Waals surface area contributed by atoms with E-state index in [1.54, 1.807) is 13.8 Å². The molecule has 0 bridgehead atoms. The van der Waals surface area contributed by atoms with Gasteiger partial charge in [-0.25, -0.2) is 0 Å². The van der Waals surface area contributed by atoms with E-state index in [1.165, 1.54) is 18.2 Å². The molecule has 3 nitrogen and oxygen atoms in total. The Morgan fingerprint density at radius 1 is 1.28 bits per heavy atom. The molecule has 98 valence electrons. The second-order valence-corrected chi connectivity index (χ2v) is 3.91. The van der Waals surface area contributed by atoms with Crippen molar-refractivity contribution in [3.63, 3.8) is 0 Å². The molecule has 1 rings (SSSR count). The highest BCUT2D eigenvalue weighted by Crippen LogP contribution is 2.30. The Bertz CT molecular complexity index is 463. The topological polar surface area (TPSA) is 41.1 Å². The van der Waals surface area contributed by atoms with Gasteiger partial charge >= 0.3 is 6.18 Å². The number of rotatable bonds is 3. The monoisotopic (exact) mass is 258 g/mol. The first kappa shape index (κ1) is 14.1. The highest BCUT2D eigenvalue weighted by Gasteiger charge is 2.30. The fourth-order valence-electron chi connectivity index (χ4n) is 1.21. The van der Waals surface area contributed by atoms with Crippen molar-refractivity contribution in [2.75, 3.05) is 5.43 Å². The minimum absolute atomic E-state index is 0.167. The molecule has 18 heavy (non-hydrogen) atoms. The van der Waals surface area contributed by atoms with Gasteiger partial charge in [0.05, 0.1) is 11.3 Å². The lowest BCUT2D eigenvalue weighted by Gasteiger charge is -2.10. The van der Waals surface area contributed by atoms with Crippen molar-refractivity contribution in [3.05, 3.63) is 41.5 Å². The quantitative estimate of drug-likeness (QED) is 0.646. The summed E-state index contributed by atoms with van der Waals surface area (Å²) in [5.74, 6) is -0.424. The zero-order valence-electron chi connectivity index (χ0n) is 9.93. The summed E-state index contributed by atoms with van der Waals surface area (Å²) in [7, 11) is 0. The van der Waals surface area contributed by atoms with Crippen LogP contribution < -0.4 is 10.9 Å². The highest BCUT2D eigenvalue weighted by atomic mass is 19.4. The summed E-state index contributed by atoms with van der Waals surface area (Å²) in [6, 6.07) is 4.57. The van der Waals surface area contributed by atoms with Crippen molar-refractivity contribution >= 4 is 11.6 Å². The molecule has 0 atom stereocenters. The smallest absolute Gasteiger partial charge is 0.298 e. The van der Waals surface area contributed by atoms with Gasteiger partial charge in [-0.2, -0.15) is 13.2 Å². The molecular weight excluding hydrogens is 245 g/mol. The van der Waals surface area contributed by atoms with Gasteiger partial charge in [0.25, 0.3) is 5.91 Å². The molecule has 0 saturated carbocycles. The molecule has 0 aromatic heterocycles. The second kappa shape index (κ2) is 5.57. The SMILES string of the molecule is CC(C)=CC(=O)NNc1cccc(C(F)(F)F)c1. The van der Waals surface area contributed by atoms with Crippen molar-refractivity contribution < 1.29 is 18.0 Å². The second-order valence-electron chi connectivity index (χ2n) is 3.91. The number of halogens is 3. The van der Waals surface area contributed by atoms with Gasteiger partial charge in [-0.15, -0.1) is 0 Å². The third-order valence-electron chi connectivity index (χ3n) is 1.94. The normalized spacial score (nSPS) is 10.7. The number of hydrazine groups is 1. The summed E-state index contributed by atoms with van der Waals surface area (Å²) < 4.78 is 37.2. The molecule has 2 N–H and O–H groups in total. The molecule has 0 aliphatic heterocycles. The zero-order chi connectivity index (χ0) is 13.8. The minimum atomic E-state index is -4.40. The summed E-state index contributed by atoms with van der Waals surface area (Å²) in [6.45, 7) is 3.48. The molecule has 0 aliphatic carbocycles. The summed E-state index contributed by atoms with van der Waals surface area (Å²) in [5, 5.41) is 0. The van der Waals surface area contributed by atoms with Crippen LogP contribution in [0.3, 0.4) is 0 Å². The van der Waals surface area contributed by atoms with Gasteiger partial charge in [0, 0.05) is 6.08 Å². The summed E-state index contributed by atoms with van der Waals surface area (Å²) in [6.07, 6.45) is -3.07. The van der Waals surface area contributed by atoms with Crippen LogP contribution in [0, 0.1) is 0 Å². The van der Waals surface area contributed by atoms with Crippen LogP contribution in [0.1, 0.15) is 19.4 Å². The zero-order valence-corrected chi connectivity index (χ0v) is 9.93. The number of carbonyl (C=O) groups is 1. The molecule has 6 heteroatoms. The van der Waals surface area contributed by atoms with E-state index in [0.717, 1.165) is 17.7 Å². The van der Waals surface area contributed by atoms with Crippen molar-refractivity contribution in [2.24, 2.45) is 0 Å². The molecule has 1 aromatic carbocycles. The number of benzene rings is 1. The maximum absolute atomic E-state index is 12.4. The molecule has 0 aliphatic rings. The van der Waals surface area contributed by atoms with Crippen LogP contribution in [0.25, 0.3) is 0 Å². The van der Waals surface area contributed by atoms with Crippen LogP contribution in [-0.2, 0) is 11.0 Å². The van der Waals surface area contributed by atoms with Crippen LogP contribution in [0.5, 0.6) is 0 Å². The number of carbonyl (C=O) groups excluding carboxylic acids is 1. The summed E-state index contributed by atoms with van der Waals surface area (Å²) in [4.78, 5) is 11.2. The van der Waals surface area contributed by atoms with Crippen LogP contribution in [0.2, 0.25) is 0 Å². The van der Waals surface area contributed by atoms with Gasteiger partial charge in [-0.3, -0.25) is 15.6 Å². The predicted octanol–water partition coefficient (Wildman–Crippen LogP) is 3.11. The Balaban J connectivity index is 2.69. The van der Waals surface area contributed by atoms with E-state index in [0.29, 0.717) is 0 Å².